The number of hydrogen-bond donors (Lipinski definition) is 3. The summed E-state index contributed by atoms with van der Waals surface area (Å²) in [5.74, 6) is 0. The molecule has 0 saturated heterocycles. The van der Waals surface area contributed by atoms with Crippen molar-refractivity contribution in [2.75, 3.05) is 6.26 Å². The largest absolute Gasteiger partial charge is 0.183 e. The van der Waals surface area contributed by atoms with Gasteiger partial charge in [-0.05, 0) is 18.4 Å². The van der Waals surface area contributed by atoms with E-state index in [1.54, 1.807) is 6.26 Å². The van der Waals surface area contributed by atoms with Crippen LogP contribution in [0.15, 0.2) is 34.1 Å². The SMILES string of the molecule is CC.CS.Sc1ccccc1S. The molecule has 0 heterocycles. The lowest BCUT2D eigenvalue weighted by atomic mass is 10.4. The molecule has 1 aromatic carbocycles. The van der Waals surface area contributed by atoms with E-state index in [4.69, 9.17) is 0 Å². The Morgan fingerprint density at radius 1 is 0.833 bits per heavy atom. The molecule has 0 spiro atoms. The van der Waals surface area contributed by atoms with Crippen molar-refractivity contribution in [3.8, 4) is 0 Å². The van der Waals surface area contributed by atoms with Crippen LogP contribution in [0, 0.1) is 0 Å². The minimum Gasteiger partial charge on any atom is -0.183 e. The zero-order valence-electron chi connectivity index (χ0n) is 7.65. The Kier molecular flexibility index (Phi) is 13.9. The summed E-state index contributed by atoms with van der Waals surface area (Å²) < 4.78 is 0. The zero-order valence-corrected chi connectivity index (χ0v) is 10.3. The maximum Gasteiger partial charge on any atom is 0.0174 e. The molecule has 1 rings (SSSR count). The van der Waals surface area contributed by atoms with Gasteiger partial charge in [0.2, 0.25) is 0 Å². The average Bonchev–Trinajstić information content (AvgIpc) is 2.17. The van der Waals surface area contributed by atoms with Gasteiger partial charge >= 0.3 is 0 Å². The molecule has 0 N–H and O–H groups in total. The predicted octanol–water partition coefficient (Wildman–Crippen LogP) is 3.84. The Labute approximate surface area is 92.0 Å². The highest BCUT2D eigenvalue weighted by atomic mass is 32.1. The van der Waals surface area contributed by atoms with Crippen LogP contribution >= 0.6 is 37.9 Å². The highest BCUT2D eigenvalue weighted by molar-refractivity contribution is 7.83. The van der Waals surface area contributed by atoms with Crippen molar-refractivity contribution in [1.29, 1.82) is 0 Å². The minimum absolute atomic E-state index is 0.927. The molecular formula is C9H16S3. The predicted molar refractivity (Wildman–Crippen MR) is 67.2 cm³/mol. The first-order chi connectivity index (χ1) is 5.80. The van der Waals surface area contributed by atoms with Crippen molar-refractivity contribution in [2.45, 2.75) is 23.6 Å². The summed E-state index contributed by atoms with van der Waals surface area (Å²) in [5.41, 5.74) is 0. The second-order valence-corrected chi connectivity index (χ2v) is 2.45. The van der Waals surface area contributed by atoms with E-state index in [0.29, 0.717) is 0 Å². The molecule has 1 aromatic rings. The normalized spacial score (nSPS) is 7.17. The maximum atomic E-state index is 4.12. The molecule has 0 saturated carbocycles. The van der Waals surface area contributed by atoms with Crippen LogP contribution in [0.3, 0.4) is 0 Å². The van der Waals surface area contributed by atoms with Crippen molar-refractivity contribution >= 4 is 37.9 Å². The lowest BCUT2D eigenvalue weighted by Crippen LogP contribution is -1.65. The van der Waals surface area contributed by atoms with E-state index in [2.05, 4.69) is 37.9 Å². The molecule has 0 aromatic heterocycles. The molecule has 0 fully saturated rings. The molecule has 0 aliphatic carbocycles. The summed E-state index contributed by atoms with van der Waals surface area (Å²) >= 11 is 11.8. The summed E-state index contributed by atoms with van der Waals surface area (Å²) in [6, 6.07) is 7.68. The van der Waals surface area contributed by atoms with Crippen molar-refractivity contribution < 1.29 is 0 Å². The Bertz CT molecular complexity index is 166. The molecule has 3 heteroatoms. The number of thiol groups is 3. The number of hydrogen-bond acceptors (Lipinski definition) is 3. The van der Waals surface area contributed by atoms with Crippen molar-refractivity contribution in [3.05, 3.63) is 24.3 Å². The van der Waals surface area contributed by atoms with Crippen LogP contribution in [0.2, 0.25) is 0 Å². The van der Waals surface area contributed by atoms with Gasteiger partial charge in [0, 0.05) is 9.79 Å². The first kappa shape index (κ1) is 14.8. The minimum atomic E-state index is 0.927. The van der Waals surface area contributed by atoms with Gasteiger partial charge in [0.25, 0.3) is 0 Å². The van der Waals surface area contributed by atoms with Gasteiger partial charge in [-0.2, -0.15) is 12.6 Å². The molecule has 12 heavy (non-hydrogen) atoms. The summed E-state index contributed by atoms with van der Waals surface area (Å²) in [7, 11) is 0. The molecule has 70 valence electrons. The van der Waals surface area contributed by atoms with Crippen LogP contribution in [-0.4, -0.2) is 6.26 Å². The average molecular weight is 220 g/mol. The smallest absolute Gasteiger partial charge is 0.0174 e. The van der Waals surface area contributed by atoms with E-state index >= 15 is 0 Å². The Morgan fingerprint density at radius 3 is 1.25 bits per heavy atom. The molecule has 0 radical (unpaired) electrons. The molecule has 0 unspecified atom stereocenters. The monoisotopic (exact) mass is 220 g/mol. The summed E-state index contributed by atoms with van der Waals surface area (Å²) in [5, 5.41) is 0. The topological polar surface area (TPSA) is 0 Å². The molecule has 0 aliphatic heterocycles. The zero-order chi connectivity index (χ0) is 9.98. The van der Waals surface area contributed by atoms with Crippen molar-refractivity contribution in [2.24, 2.45) is 0 Å². The van der Waals surface area contributed by atoms with E-state index in [1.165, 1.54) is 0 Å². The standard InChI is InChI=1S/C6H6S2.C2H6.CH4S/c7-5-3-1-2-4-6(5)8;2*1-2/h1-4,7-8H;1-2H3;2H,1H3. The number of benzene rings is 1. The molecular weight excluding hydrogens is 204 g/mol. The van der Waals surface area contributed by atoms with Gasteiger partial charge in [0.15, 0.2) is 0 Å². The lowest BCUT2D eigenvalue weighted by Gasteiger charge is -1.91. The molecule has 0 bridgehead atoms. The third kappa shape index (κ3) is 6.95. The van der Waals surface area contributed by atoms with Gasteiger partial charge in [-0.15, -0.1) is 25.3 Å². The quantitative estimate of drug-likeness (QED) is 0.544. The highest BCUT2D eigenvalue weighted by Crippen LogP contribution is 2.15. The Hall–Kier alpha value is 0.270. The van der Waals surface area contributed by atoms with Crippen LogP contribution in [0.5, 0.6) is 0 Å². The van der Waals surface area contributed by atoms with Gasteiger partial charge in [-0.25, -0.2) is 0 Å². The first-order valence-corrected chi connectivity index (χ1v) is 5.51. The maximum absolute atomic E-state index is 4.12. The lowest BCUT2D eigenvalue weighted by molar-refractivity contribution is 1.27. The Balaban J connectivity index is 0. The second kappa shape index (κ2) is 11.3. The molecule has 0 amide bonds. The summed E-state index contributed by atoms with van der Waals surface area (Å²) in [4.78, 5) is 1.85. The van der Waals surface area contributed by atoms with Crippen LogP contribution in [0.1, 0.15) is 13.8 Å². The van der Waals surface area contributed by atoms with Gasteiger partial charge in [-0.1, -0.05) is 26.0 Å². The fourth-order valence-corrected chi connectivity index (χ4v) is 0.785. The Morgan fingerprint density at radius 2 is 1.08 bits per heavy atom. The van der Waals surface area contributed by atoms with Crippen LogP contribution in [0.25, 0.3) is 0 Å². The fraction of sp³-hybridized carbons (Fsp3) is 0.333. The third-order valence-electron chi connectivity index (χ3n) is 0.882. The van der Waals surface area contributed by atoms with Crippen LogP contribution < -0.4 is 0 Å². The van der Waals surface area contributed by atoms with Crippen molar-refractivity contribution in [3.63, 3.8) is 0 Å². The van der Waals surface area contributed by atoms with E-state index < -0.39 is 0 Å². The van der Waals surface area contributed by atoms with E-state index in [-0.39, 0.29) is 0 Å². The van der Waals surface area contributed by atoms with Crippen molar-refractivity contribution in [1.82, 2.24) is 0 Å². The third-order valence-corrected chi connectivity index (χ3v) is 1.84. The second-order valence-electron chi connectivity index (χ2n) is 1.49. The van der Waals surface area contributed by atoms with Gasteiger partial charge in [-0.3, -0.25) is 0 Å². The van der Waals surface area contributed by atoms with Crippen LogP contribution in [0.4, 0.5) is 0 Å². The van der Waals surface area contributed by atoms with Crippen LogP contribution in [-0.2, 0) is 0 Å². The van der Waals surface area contributed by atoms with Gasteiger partial charge in [0.1, 0.15) is 0 Å². The van der Waals surface area contributed by atoms with Gasteiger partial charge < -0.3 is 0 Å². The summed E-state index contributed by atoms with van der Waals surface area (Å²) in [6.07, 6.45) is 1.69. The molecule has 0 aliphatic rings. The highest BCUT2D eigenvalue weighted by Gasteiger charge is 1.86. The van der Waals surface area contributed by atoms with E-state index in [1.807, 2.05) is 38.1 Å². The molecule has 0 nitrogen and oxygen atoms in total. The van der Waals surface area contributed by atoms with Gasteiger partial charge in [0.05, 0.1) is 0 Å². The number of rotatable bonds is 0. The molecule has 0 atom stereocenters. The first-order valence-electron chi connectivity index (χ1n) is 3.72. The summed E-state index contributed by atoms with van der Waals surface area (Å²) in [6.45, 7) is 4.00. The fourth-order valence-electron chi connectivity index (χ4n) is 0.464. The van der Waals surface area contributed by atoms with E-state index in [0.717, 1.165) is 9.79 Å². The van der Waals surface area contributed by atoms with E-state index in [9.17, 15) is 0 Å².